The molecule has 2 aromatic rings. The van der Waals surface area contributed by atoms with E-state index in [-0.39, 0.29) is 18.9 Å². The number of benzene rings is 2. The highest BCUT2D eigenvalue weighted by molar-refractivity contribution is 5.91. The summed E-state index contributed by atoms with van der Waals surface area (Å²) in [6.07, 6.45) is -4.82. The largest absolute Gasteiger partial charge is 0.416 e. The van der Waals surface area contributed by atoms with E-state index in [0.29, 0.717) is 24.7 Å². The maximum atomic E-state index is 13.7. The van der Waals surface area contributed by atoms with Gasteiger partial charge in [-0.1, -0.05) is 30.3 Å². The first kappa shape index (κ1) is 20.4. The zero-order chi connectivity index (χ0) is 20.0. The Hall–Kier alpha value is -2.90. The van der Waals surface area contributed by atoms with E-state index in [4.69, 9.17) is 0 Å². The quantitative estimate of drug-likeness (QED) is 0.761. The van der Waals surface area contributed by atoms with Crippen molar-refractivity contribution in [1.82, 2.24) is 4.90 Å². The number of amides is 2. The molecule has 0 fully saturated rings. The Morgan fingerprint density at radius 1 is 1.07 bits per heavy atom. The Morgan fingerprint density at radius 3 is 2.33 bits per heavy atom. The maximum absolute atomic E-state index is 13.7. The topological polar surface area (TPSA) is 49.4 Å². The lowest BCUT2D eigenvalue weighted by molar-refractivity contribution is -0.137. The lowest BCUT2D eigenvalue weighted by atomic mass is 10.1. The van der Waals surface area contributed by atoms with Crippen LogP contribution in [0.15, 0.2) is 48.5 Å². The van der Waals surface area contributed by atoms with Gasteiger partial charge in [0.1, 0.15) is 5.82 Å². The van der Waals surface area contributed by atoms with Gasteiger partial charge in [0.15, 0.2) is 0 Å². The molecule has 0 saturated carbocycles. The summed E-state index contributed by atoms with van der Waals surface area (Å²) in [5.41, 5.74) is -0.738. The number of hydrogen-bond donors (Lipinski definition) is 1. The average molecular weight is 382 g/mol. The fourth-order valence-corrected chi connectivity index (χ4v) is 2.40. The lowest BCUT2D eigenvalue weighted by Crippen LogP contribution is -2.31. The van der Waals surface area contributed by atoms with Crippen molar-refractivity contribution in [1.29, 1.82) is 0 Å². The normalized spacial score (nSPS) is 11.1. The molecule has 2 aromatic carbocycles. The molecule has 0 saturated heterocycles. The van der Waals surface area contributed by atoms with Gasteiger partial charge in [-0.25, -0.2) is 4.39 Å². The van der Waals surface area contributed by atoms with Crippen LogP contribution in [0, 0.1) is 5.82 Å². The zero-order valence-electron chi connectivity index (χ0n) is 14.5. The average Bonchev–Trinajstić information content (AvgIpc) is 2.60. The van der Waals surface area contributed by atoms with Crippen molar-refractivity contribution in [3.05, 3.63) is 65.5 Å². The molecule has 0 aliphatic heterocycles. The molecule has 8 heteroatoms. The molecule has 27 heavy (non-hydrogen) atoms. The van der Waals surface area contributed by atoms with Gasteiger partial charge >= 0.3 is 6.18 Å². The molecule has 0 radical (unpaired) electrons. The van der Waals surface area contributed by atoms with Crippen LogP contribution in [-0.2, 0) is 22.3 Å². The SMILES string of the molecule is CC(=O)N(CCC(=O)Nc1cc(C(F)(F)F)ccc1F)Cc1ccccc1. The highest BCUT2D eigenvalue weighted by Crippen LogP contribution is 2.31. The van der Waals surface area contributed by atoms with Gasteiger partial charge in [-0.2, -0.15) is 13.2 Å². The summed E-state index contributed by atoms with van der Waals surface area (Å²) >= 11 is 0. The van der Waals surface area contributed by atoms with Crippen LogP contribution in [0.1, 0.15) is 24.5 Å². The highest BCUT2D eigenvalue weighted by Gasteiger charge is 2.31. The van der Waals surface area contributed by atoms with Gasteiger partial charge in [0.25, 0.3) is 0 Å². The van der Waals surface area contributed by atoms with Crippen molar-refractivity contribution in [2.45, 2.75) is 26.1 Å². The Morgan fingerprint density at radius 2 is 1.74 bits per heavy atom. The molecule has 0 spiro atoms. The number of hydrogen-bond acceptors (Lipinski definition) is 2. The lowest BCUT2D eigenvalue weighted by Gasteiger charge is -2.21. The molecule has 0 aliphatic carbocycles. The Bertz CT molecular complexity index is 807. The van der Waals surface area contributed by atoms with E-state index < -0.39 is 29.2 Å². The zero-order valence-corrected chi connectivity index (χ0v) is 14.5. The molecular formula is C19H18F4N2O2. The second-order valence-electron chi connectivity index (χ2n) is 5.92. The third-order valence-corrected chi connectivity index (χ3v) is 3.84. The van der Waals surface area contributed by atoms with Crippen LogP contribution < -0.4 is 5.32 Å². The minimum atomic E-state index is -4.64. The number of anilines is 1. The number of carbonyl (C=O) groups excluding carboxylic acids is 2. The van der Waals surface area contributed by atoms with Gasteiger partial charge in [-0.15, -0.1) is 0 Å². The molecule has 0 aromatic heterocycles. The van der Waals surface area contributed by atoms with Crippen molar-refractivity contribution in [2.24, 2.45) is 0 Å². The number of carbonyl (C=O) groups is 2. The van der Waals surface area contributed by atoms with E-state index in [2.05, 4.69) is 5.32 Å². The Balaban J connectivity index is 1.99. The van der Waals surface area contributed by atoms with Crippen LogP contribution in [0.5, 0.6) is 0 Å². The maximum Gasteiger partial charge on any atom is 0.416 e. The minimum Gasteiger partial charge on any atom is -0.338 e. The summed E-state index contributed by atoms with van der Waals surface area (Å²) in [6.45, 7) is 1.70. The standard InChI is InChI=1S/C19H18F4N2O2/c1-13(26)25(12-14-5-3-2-4-6-14)10-9-18(27)24-17-11-15(19(21,22)23)7-8-16(17)20/h2-8,11H,9-10,12H2,1H3,(H,24,27). The number of halogens is 4. The Kier molecular flexibility index (Phi) is 6.55. The van der Waals surface area contributed by atoms with Gasteiger partial charge in [0.2, 0.25) is 11.8 Å². The minimum absolute atomic E-state index is 0.0522. The number of nitrogens with zero attached hydrogens (tertiary/aromatic N) is 1. The van der Waals surface area contributed by atoms with E-state index >= 15 is 0 Å². The molecule has 0 atom stereocenters. The van der Waals surface area contributed by atoms with Crippen LogP contribution in [0.4, 0.5) is 23.2 Å². The van der Waals surface area contributed by atoms with Gasteiger partial charge in [0, 0.05) is 26.4 Å². The molecule has 0 aliphatic rings. The van der Waals surface area contributed by atoms with Crippen molar-refractivity contribution >= 4 is 17.5 Å². The van der Waals surface area contributed by atoms with E-state index in [1.54, 1.807) is 0 Å². The second kappa shape index (κ2) is 8.66. The van der Waals surface area contributed by atoms with Crippen molar-refractivity contribution < 1.29 is 27.2 Å². The fourth-order valence-electron chi connectivity index (χ4n) is 2.40. The second-order valence-corrected chi connectivity index (χ2v) is 5.92. The van der Waals surface area contributed by atoms with Crippen LogP contribution in [-0.4, -0.2) is 23.3 Å². The van der Waals surface area contributed by atoms with Gasteiger partial charge in [-0.3, -0.25) is 9.59 Å². The third kappa shape index (κ3) is 6.09. The van der Waals surface area contributed by atoms with E-state index in [1.807, 2.05) is 30.3 Å². The predicted molar refractivity (Wildman–Crippen MR) is 92.2 cm³/mol. The smallest absolute Gasteiger partial charge is 0.338 e. The van der Waals surface area contributed by atoms with E-state index in [9.17, 15) is 27.2 Å². The number of alkyl halides is 3. The first-order valence-electron chi connectivity index (χ1n) is 8.13. The molecule has 1 N–H and O–H groups in total. The van der Waals surface area contributed by atoms with Gasteiger partial charge < -0.3 is 10.2 Å². The summed E-state index contributed by atoms with van der Waals surface area (Å²) in [6, 6.07) is 10.9. The van der Waals surface area contributed by atoms with Crippen molar-refractivity contribution in [3.63, 3.8) is 0 Å². The van der Waals surface area contributed by atoms with Gasteiger partial charge in [-0.05, 0) is 23.8 Å². The molecule has 0 bridgehead atoms. The molecule has 0 unspecified atom stereocenters. The number of rotatable bonds is 6. The Labute approximate surface area is 153 Å². The summed E-state index contributed by atoms with van der Waals surface area (Å²) in [5, 5.41) is 2.13. The van der Waals surface area contributed by atoms with Crippen LogP contribution in [0.25, 0.3) is 0 Å². The molecule has 2 rings (SSSR count). The first-order chi connectivity index (χ1) is 12.7. The van der Waals surface area contributed by atoms with Crippen molar-refractivity contribution in [2.75, 3.05) is 11.9 Å². The summed E-state index contributed by atoms with van der Waals surface area (Å²) in [7, 11) is 0. The molecule has 0 heterocycles. The van der Waals surface area contributed by atoms with E-state index in [0.717, 1.165) is 5.56 Å². The van der Waals surface area contributed by atoms with E-state index in [1.165, 1.54) is 11.8 Å². The molecule has 144 valence electrons. The van der Waals surface area contributed by atoms with Gasteiger partial charge in [0.05, 0.1) is 11.3 Å². The highest BCUT2D eigenvalue weighted by atomic mass is 19.4. The number of nitrogens with one attached hydrogen (secondary N) is 1. The molecular weight excluding hydrogens is 364 g/mol. The van der Waals surface area contributed by atoms with Crippen LogP contribution >= 0.6 is 0 Å². The summed E-state index contributed by atoms with van der Waals surface area (Å²) in [4.78, 5) is 25.2. The predicted octanol–water partition coefficient (Wildman–Crippen LogP) is 4.22. The van der Waals surface area contributed by atoms with Crippen LogP contribution in [0.2, 0.25) is 0 Å². The molecule has 4 nitrogen and oxygen atoms in total. The summed E-state index contributed by atoms with van der Waals surface area (Å²) in [5.74, 6) is -1.91. The summed E-state index contributed by atoms with van der Waals surface area (Å²) < 4.78 is 51.8. The first-order valence-corrected chi connectivity index (χ1v) is 8.13. The van der Waals surface area contributed by atoms with Crippen LogP contribution in [0.3, 0.4) is 0 Å². The van der Waals surface area contributed by atoms with Crippen molar-refractivity contribution in [3.8, 4) is 0 Å². The third-order valence-electron chi connectivity index (χ3n) is 3.84. The fraction of sp³-hybridized carbons (Fsp3) is 0.263. The monoisotopic (exact) mass is 382 g/mol. The molecule has 2 amide bonds.